The second-order valence-corrected chi connectivity index (χ2v) is 4.67. The van der Waals surface area contributed by atoms with Crippen molar-refractivity contribution in [3.63, 3.8) is 0 Å². The summed E-state index contributed by atoms with van der Waals surface area (Å²) >= 11 is 0. The minimum absolute atomic E-state index is 0.00394. The van der Waals surface area contributed by atoms with Crippen LogP contribution in [0.1, 0.15) is 31.9 Å². The first-order chi connectivity index (χ1) is 8.02. The van der Waals surface area contributed by atoms with Crippen LogP contribution in [0.25, 0.3) is 0 Å². The third-order valence-electron chi connectivity index (χ3n) is 3.15. The SMILES string of the molecule is CC(C)N1C(=O)CC(O)C1c1ccccc1O. The summed E-state index contributed by atoms with van der Waals surface area (Å²) in [6.45, 7) is 3.81. The van der Waals surface area contributed by atoms with Crippen LogP contribution in [0.5, 0.6) is 5.75 Å². The van der Waals surface area contributed by atoms with E-state index in [9.17, 15) is 15.0 Å². The summed E-state index contributed by atoms with van der Waals surface area (Å²) in [7, 11) is 0. The van der Waals surface area contributed by atoms with E-state index in [1.165, 1.54) is 0 Å². The zero-order valence-electron chi connectivity index (χ0n) is 10.00. The van der Waals surface area contributed by atoms with Gasteiger partial charge in [-0.05, 0) is 19.9 Å². The first kappa shape index (κ1) is 11.9. The molecule has 2 atom stereocenters. The molecule has 4 heteroatoms. The quantitative estimate of drug-likeness (QED) is 0.815. The van der Waals surface area contributed by atoms with E-state index in [4.69, 9.17) is 0 Å². The maximum absolute atomic E-state index is 11.8. The Labute approximate surface area is 100 Å². The molecule has 0 bridgehead atoms. The normalized spacial score (nSPS) is 24.7. The molecular formula is C13H17NO3. The summed E-state index contributed by atoms with van der Waals surface area (Å²) in [5.41, 5.74) is 0.611. The van der Waals surface area contributed by atoms with Crippen LogP contribution in [-0.4, -0.2) is 33.2 Å². The largest absolute Gasteiger partial charge is 0.508 e. The summed E-state index contributed by atoms with van der Waals surface area (Å²) in [6, 6.07) is 6.40. The fraction of sp³-hybridized carbons (Fsp3) is 0.462. The summed E-state index contributed by atoms with van der Waals surface area (Å²) in [4.78, 5) is 13.4. The van der Waals surface area contributed by atoms with Crippen molar-refractivity contribution in [2.75, 3.05) is 0 Å². The molecule has 1 fully saturated rings. The highest BCUT2D eigenvalue weighted by Gasteiger charge is 2.41. The molecule has 1 aromatic carbocycles. The number of carbonyl (C=O) groups excluding carboxylic acids is 1. The highest BCUT2D eigenvalue weighted by atomic mass is 16.3. The summed E-state index contributed by atoms with van der Waals surface area (Å²) < 4.78 is 0. The number of aliphatic hydroxyl groups excluding tert-OH is 1. The van der Waals surface area contributed by atoms with Gasteiger partial charge in [-0.3, -0.25) is 4.79 Å². The van der Waals surface area contributed by atoms with Crippen LogP contribution < -0.4 is 0 Å². The number of rotatable bonds is 2. The van der Waals surface area contributed by atoms with Crippen molar-refractivity contribution in [1.29, 1.82) is 0 Å². The molecule has 2 rings (SSSR count). The van der Waals surface area contributed by atoms with Crippen LogP contribution in [0.3, 0.4) is 0 Å². The minimum Gasteiger partial charge on any atom is -0.508 e. The van der Waals surface area contributed by atoms with Crippen LogP contribution in [0.4, 0.5) is 0 Å². The number of hydrogen-bond donors (Lipinski definition) is 2. The van der Waals surface area contributed by atoms with E-state index in [1.54, 1.807) is 29.2 Å². The first-order valence-electron chi connectivity index (χ1n) is 5.79. The standard InChI is InChI=1S/C13H17NO3/c1-8(2)14-12(17)7-11(16)13(14)9-5-3-4-6-10(9)15/h3-6,8,11,13,15-16H,7H2,1-2H3. The molecule has 2 unspecified atom stereocenters. The number of hydrogen-bond acceptors (Lipinski definition) is 3. The molecular weight excluding hydrogens is 218 g/mol. The van der Waals surface area contributed by atoms with Crippen LogP contribution in [0.2, 0.25) is 0 Å². The molecule has 2 N–H and O–H groups in total. The van der Waals surface area contributed by atoms with Crippen LogP contribution in [-0.2, 0) is 4.79 Å². The fourth-order valence-corrected chi connectivity index (χ4v) is 2.44. The zero-order valence-corrected chi connectivity index (χ0v) is 10.00. The van der Waals surface area contributed by atoms with E-state index in [0.717, 1.165) is 0 Å². The average molecular weight is 235 g/mol. The van der Waals surface area contributed by atoms with Crippen molar-refractivity contribution in [2.45, 2.75) is 38.5 Å². The molecule has 0 aliphatic carbocycles. The average Bonchev–Trinajstić information content (AvgIpc) is 2.54. The van der Waals surface area contributed by atoms with Gasteiger partial charge in [0, 0.05) is 11.6 Å². The number of phenols is 1. The molecule has 1 aromatic rings. The van der Waals surface area contributed by atoms with Crippen molar-refractivity contribution in [1.82, 2.24) is 4.90 Å². The Kier molecular flexibility index (Phi) is 3.07. The van der Waals surface area contributed by atoms with Crippen LogP contribution >= 0.6 is 0 Å². The van der Waals surface area contributed by atoms with E-state index >= 15 is 0 Å². The number of benzene rings is 1. The second kappa shape index (κ2) is 4.37. The third kappa shape index (κ3) is 2.00. The Bertz CT molecular complexity index is 430. The predicted octanol–water partition coefficient (Wildman–Crippen LogP) is 1.43. The molecule has 17 heavy (non-hydrogen) atoms. The van der Waals surface area contributed by atoms with Crippen LogP contribution in [0.15, 0.2) is 24.3 Å². The molecule has 1 amide bonds. The van der Waals surface area contributed by atoms with E-state index in [-0.39, 0.29) is 24.1 Å². The van der Waals surface area contributed by atoms with Gasteiger partial charge in [-0.25, -0.2) is 0 Å². The van der Waals surface area contributed by atoms with Gasteiger partial charge < -0.3 is 15.1 Å². The van der Waals surface area contributed by atoms with E-state index in [1.807, 2.05) is 13.8 Å². The van der Waals surface area contributed by atoms with Gasteiger partial charge >= 0.3 is 0 Å². The van der Waals surface area contributed by atoms with E-state index in [0.29, 0.717) is 5.56 Å². The zero-order chi connectivity index (χ0) is 12.6. The monoisotopic (exact) mass is 235 g/mol. The summed E-state index contributed by atoms with van der Waals surface area (Å²) in [6.07, 6.45) is -0.629. The lowest BCUT2D eigenvalue weighted by Crippen LogP contribution is -2.35. The summed E-state index contributed by atoms with van der Waals surface area (Å²) in [5.74, 6) is 0.0534. The van der Waals surface area contributed by atoms with Crippen molar-refractivity contribution in [3.05, 3.63) is 29.8 Å². The molecule has 1 aliphatic heterocycles. The Morgan fingerprint density at radius 3 is 2.59 bits per heavy atom. The van der Waals surface area contributed by atoms with Gasteiger partial charge in [-0.1, -0.05) is 18.2 Å². The highest BCUT2D eigenvalue weighted by molar-refractivity contribution is 5.80. The number of para-hydroxylation sites is 1. The number of aliphatic hydroxyl groups is 1. The van der Waals surface area contributed by atoms with Crippen molar-refractivity contribution >= 4 is 5.91 Å². The molecule has 0 saturated carbocycles. The van der Waals surface area contributed by atoms with Crippen molar-refractivity contribution in [2.24, 2.45) is 0 Å². The molecule has 1 saturated heterocycles. The number of aromatic hydroxyl groups is 1. The summed E-state index contributed by atoms with van der Waals surface area (Å²) in [5, 5.41) is 19.8. The lowest BCUT2D eigenvalue weighted by molar-refractivity contribution is -0.130. The third-order valence-corrected chi connectivity index (χ3v) is 3.15. The lowest BCUT2D eigenvalue weighted by atomic mass is 10.0. The van der Waals surface area contributed by atoms with Gasteiger partial charge in [0.2, 0.25) is 5.91 Å². The Balaban J connectivity index is 2.42. The van der Waals surface area contributed by atoms with E-state index < -0.39 is 12.1 Å². The van der Waals surface area contributed by atoms with Crippen molar-refractivity contribution in [3.8, 4) is 5.75 Å². The second-order valence-electron chi connectivity index (χ2n) is 4.67. The minimum atomic E-state index is -0.752. The molecule has 1 heterocycles. The van der Waals surface area contributed by atoms with Gasteiger partial charge in [0.1, 0.15) is 5.75 Å². The topological polar surface area (TPSA) is 60.8 Å². The smallest absolute Gasteiger partial charge is 0.226 e. The highest BCUT2D eigenvalue weighted by Crippen LogP contribution is 2.38. The van der Waals surface area contributed by atoms with E-state index in [2.05, 4.69) is 0 Å². The Morgan fingerprint density at radius 1 is 1.35 bits per heavy atom. The van der Waals surface area contributed by atoms with Crippen molar-refractivity contribution < 1.29 is 15.0 Å². The van der Waals surface area contributed by atoms with Gasteiger partial charge in [0.25, 0.3) is 0 Å². The molecule has 0 aromatic heterocycles. The number of nitrogens with zero attached hydrogens (tertiary/aromatic N) is 1. The van der Waals surface area contributed by atoms with Gasteiger partial charge in [0.05, 0.1) is 18.6 Å². The maximum Gasteiger partial charge on any atom is 0.226 e. The number of amides is 1. The van der Waals surface area contributed by atoms with Gasteiger partial charge in [0.15, 0.2) is 0 Å². The van der Waals surface area contributed by atoms with Crippen LogP contribution in [0, 0.1) is 0 Å². The lowest BCUT2D eigenvalue weighted by Gasteiger charge is -2.30. The fourth-order valence-electron chi connectivity index (χ4n) is 2.44. The maximum atomic E-state index is 11.8. The predicted molar refractivity (Wildman–Crippen MR) is 63.5 cm³/mol. The van der Waals surface area contributed by atoms with Gasteiger partial charge in [-0.2, -0.15) is 0 Å². The Morgan fingerprint density at radius 2 is 2.00 bits per heavy atom. The first-order valence-corrected chi connectivity index (χ1v) is 5.79. The molecule has 0 radical (unpaired) electrons. The molecule has 0 spiro atoms. The molecule has 1 aliphatic rings. The Hall–Kier alpha value is -1.55. The number of phenolic OH excluding ortho intramolecular Hbond substituents is 1. The molecule has 4 nitrogen and oxygen atoms in total. The molecule has 92 valence electrons. The number of carbonyl (C=O) groups is 1. The van der Waals surface area contributed by atoms with Gasteiger partial charge in [-0.15, -0.1) is 0 Å². The number of likely N-dealkylation sites (tertiary alicyclic amines) is 1.